The highest BCUT2D eigenvalue weighted by Crippen LogP contribution is 2.40. The third kappa shape index (κ3) is 4.82. The lowest BCUT2D eigenvalue weighted by molar-refractivity contribution is -0.127. The van der Waals surface area contributed by atoms with Crippen molar-refractivity contribution in [3.8, 4) is 0 Å². The standard InChI is InChI=1S/C27H35N7O/c1-17-12-19(9-11-28-17)25-23-14-20(7-8-24(23)31-32-25)27(35)30-22-6-2-4-18(13-22)15-34-16-21-5-3-10-29-26(21)33-34/h3,5,9-12,16,18,20,22-25,31-32H,2,4,6-8,13-15H2,1H3,(H,30,35). The molecule has 2 saturated carbocycles. The number of carbonyl (C=O) groups excluding carboxylic acids is 1. The second kappa shape index (κ2) is 9.66. The van der Waals surface area contributed by atoms with Gasteiger partial charge in [-0.25, -0.2) is 10.4 Å². The summed E-state index contributed by atoms with van der Waals surface area (Å²) in [4.78, 5) is 22.0. The average molecular weight is 474 g/mol. The summed E-state index contributed by atoms with van der Waals surface area (Å²) >= 11 is 0. The third-order valence-corrected chi connectivity index (χ3v) is 8.31. The normalized spacial score (nSPS) is 30.8. The minimum atomic E-state index is 0.0891. The van der Waals surface area contributed by atoms with Crippen LogP contribution in [-0.4, -0.2) is 37.7 Å². The zero-order valence-electron chi connectivity index (χ0n) is 20.4. The van der Waals surface area contributed by atoms with E-state index in [4.69, 9.17) is 0 Å². The first-order valence-electron chi connectivity index (χ1n) is 13.1. The van der Waals surface area contributed by atoms with E-state index in [9.17, 15) is 4.79 Å². The number of hydrazine groups is 1. The van der Waals surface area contributed by atoms with Crippen molar-refractivity contribution in [2.45, 2.75) is 76.5 Å². The van der Waals surface area contributed by atoms with Crippen molar-refractivity contribution >= 4 is 16.9 Å². The summed E-state index contributed by atoms with van der Waals surface area (Å²) in [5.74, 6) is 1.29. The molecule has 3 aromatic rings. The zero-order chi connectivity index (χ0) is 23.8. The number of hydrogen-bond acceptors (Lipinski definition) is 6. The van der Waals surface area contributed by atoms with Gasteiger partial charge in [0.05, 0.1) is 6.04 Å². The van der Waals surface area contributed by atoms with Crippen LogP contribution in [0.15, 0.2) is 42.9 Å². The van der Waals surface area contributed by atoms with Crippen LogP contribution in [0.4, 0.5) is 0 Å². The molecule has 6 atom stereocenters. The Hall–Kier alpha value is -2.84. The fraction of sp³-hybridized carbons (Fsp3) is 0.556. The molecule has 0 aromatic carbocycles. The minimum absolute atomic E-state index is 0.0891. The molecular formula is C27H35N7O. The number of carbonyl (C=O) groups is 1. The smallest absolute Gasteiger partial charge is 0.223 e. The molecule has 8 heteroatoms. The van der Waals surface area contributed by atoms with Crippen molar-refractivity contribution in [3.05, 3.63) is 54.1 Å². The van der Waals surface area contributed by atoms with Crippen LogP contribution in [-0.2, 0) is 11.3 Å². The molecule has 184 valence electrons. The van der Waals surface area contributed by atoms with Crippen LogP contribution >= 0.6 is 0 Å². The van der Waals surface area contributed by atoms with Crippen LogP contribution in [0.25, 0.3) is 11.0 Å². The number of hydrogen-bond donors (Lipinski definition) is 3. The lowest BCUT2D eigenvalue weighted by atomic mass is 9.74. The average Bonchev–Trinajstić information content (AvgIpc) is 3.47. The third-order valence-electron chi connectivity index (χ3n) is 8.31. The highest BCUT2D eigenvalue weighted by atomic mass is 16.1. The molecule has 6 unspecified atom stereocenters. The van der Waals surface area contributed by atoms with Crippen LogP contribution in [0.1, 0.15) is 62.2 Å². The molecule has 4 heterocycles. The van der Waals surface area contributed by atoms with Crippen LogP contribution in [0, 0.1) is 24.7 Å². The SMILES string of the molecule is Cc1cc(C2NNC3CCC(C(=O)NC4CCCC(Cn5cc6cccnc6n5)C4)CC32)ccn1. The summed E-state index contributed by atoms with van der Waals surface area (Å²) in [5.41, 5.74) is 10.1. The van der Waals surface area contributed by atoms with Gasteiger partial charge in [-0.15, -0.1) is 0 Å². The Bertz CT molecular complexity index is 1160. The van der Waals surface area contributed by atoms with E-state index in [2.05, 4.69) is 55.6 Å². The molecule has 0 spiro atoms. The van der Waals surface area contributed by atoms with Crippen molar-refractivity contribution in [1.82, 2.24) is 35.9 Å². The van der Waals surface area contributed by atoms with Gasteiger partial charge in [-0.2, -0.15) is 5.10 Å². The first-order chi connectivity index (χ1) is 17.1. The lowest BCUT2D eigenvalue weighted by Gasteiger charge is -2.35. The number of pyridine rings is 2. The van der Waals surface area contributed by atoms with Crippen molar-refractivity contribution in [2.24, 2.45) is 17.8 Å². The number of fused-ring (bicyclic) bond motifs is 2. The van der Waals surface area contributed by atoms with E-state index in [0.29, 0.717) is 17.9 Å². The van der Waals surface area contributed by atoms with Crippen molar-refractivity contribution in [3.63, 3.8) is 0 Å². The molecule has 1 amide bonds. The van der Waals surface area contributed by atoms with Crippen LogP contribution in [0.2, 0.25) is 0 Å². The van der Waals surface area contributed by atoms with Crippen LogP contribution in [0.5, 0.6) is 0 Å². The van der Waals surface area contributed by atoms with Gasteiger partial charge in [-0.05, 0) is 87.1 Å². The summed E-state index contributed by atoms with van der Waals surface area (Å²) in [7, 11) is 0. The Morgan fingerprint density at radius 3 is 2.94 bits per heavy atom. The number of nitrogens with one attached hydrogen (secondary N) is 3. The molecule has 3 fully saturated rings. The highest BCUT2D eigenvalue weighted by Gasteiger charge is 2.43. The van der Waals surface area contributed by atoms with E-state index >= 15 is 0 Å². The van der Waals surface area contributed by atoms with Crippen molar-refractivity contribution in [2.75, 3.05) is 0 Å². The summed E-state index contributed by atoms with van der Waals surface area (Å²) < 4.78 is 2.04. The van der Waals surface area contributed by atoms with E-state index in [-0.39, 0.29) is 23.9 Å². The molecular weight excluding hydrogens is 438 g/mol. The Morgan fingerprint density at radius 2 is 2.06 bits per heavy atom. The van der Waals surface area contributed by atoms with Gasteiger partial charge in [0, 0.05) is 54.2 Å². The largest absolute Gasteiger partial charge is 0.353 e. The predicted molar refractivity (Wildman–Crippen MR) is 134 cm³/mol. The van der Waals surface area contributed by atoms with Crippen LogP contribution in [0.3, 0.4) is 0 Å². The van der Waals surface area contributed by atoms with E-state index < -0.39 is 0 Å². The summed E-state index contributed by atoms with van der Waals surface area (Å²) in [5, 5.41) is 9.16. The van der Waals surface area contributed by atoms with Gasteiger partial charge in [0.1, 0.15) is 0 Å². The number of nitrogens with zero attached hydrogens (tertiary/aromatic N) is 4. The summed E-state index contributed by atoms with van der Waals surface area (Å²) in [6.07, 6.45) is 13.1. The van der Waals surface area contributed by atoms with Gasteiger partial charge in [-0.3, -0.25) is 19.9 Å². The molecule has 1 aliphatic heterocycles. The van der Waals surface area contributed by atoms with Crippen LogP contribution < -0.4 is 16.2 Å². The van der Waals surface area contributed by atoms with E-state index in [0.717, 1.165) is 61.8 Å². The Balaban J connectivity index is 1.06. The molecule has 35 heavy (non-hydrogen) atoms. The zero-order valence-corrected chi connectivity index (χ0v) is 20.4. The van der Waals surface area contributed by atoms with E-state index in [1.54, 1.807) is 6.20 Å². The number of rotatable bonds is 5. The molecule has 6 rings (SSSR count). The molecule has 8 nitrogen and oxygen atoms in total. The maximum Gasteiger partial charge on any atom is 0.223 e. The van der Waals surface area contributed by atoms with Crippen molar-refractivity contribution < 1.29 is 4.79 Å². The Labute approximate surface area is 206 Å². The number of amides is 1. The molecule has 2 aliphatic carbocycles. The Morgan fingerprint density at radius 1 is 1.11 bits per heavy atom. The molecule has 0 radical (unpaired) electrons. The fourth-order valence-corrected chi connectivity index (χ4v) is 6.56. The first kappa shape index (κ1) is 22.6. The van der Waals surface area contributed by atoms with Gasteiger partial charge in [-0.1, -0.05) is 6.42 Å². The van der Waals surface area contributed by atoms with Gasteiger partial charge in [0.2, 0.25) is 5.91 Å². The van der Waals surface area contributed by atoms with Crippen molar-refractivity contribution in [1.29, 1.82) is 0 Å². The first-order valence-corrected chi connectivity index (χ1v) is 13.1. The topological polar surface area (TPSA) is 96.8 Å². The molecule has 3 aromatic heterocycles. The van der Waals surface area contributed by atoms with Gasteiger partial charge in [0.15, 0.2) is 5.65 Å². The second-order valence-corrected chi connectivity index (χ2v) is 10.8. The maximum absolute atomic E-state index is 13.3. The second-order valence-electron chi connectivity index (χ2n) is 10.8. The van der Waals surface area contributed by atoms with Gasteiger partial charge >= 0.3 is 0 Å². The Kier molecular flexibility index (Phi) is 6.24. The molecule has 0 bridgehead atoms. The molecule has 3 aliphatic rings. The summed E-state index contributed by atoms with van der Waals surface area (Å²) in [6, 6.07) is 9.18. The van der Waals surface area contributed by atoms with E-state index in [1.807, 2.05) is 23.9 Å². The van der Waals surface area contributed by atoms with Gasteiger partial charge < -0.3 is 5.32 Å². The quantitative estimate of drug-likeness (QED) is 0.525. The van der Waals surface area contributed by atoms with E-state index in [1.165, 1.54) is 12.0 Å². The summed E-state index contributed by atoms with van der Waals surface area (Å²) in [6.45, 7) is 2.92. The number of aromatic nitrogens is 4. The lowest BCUT2D eigenvalue weighted by Crippen LogP contribution is -2.45. The predicted octanol–water partition coefficient (Wildman–Crippen LogP) is 3.44. The molecule has 3 N–H and O–H groups in total. The number of aryl methyl sites for hydroxylation is 1. The highest BCUT2D eigenvalue weighted by molar-refractivity contribution is 5.79. The maximum atomic E-state index is 13.3. The molecule has 1 saturated heterocycles. The monoisotopic (exact) mass is 473 g/mol. The van der Waals surface area contributed by atoms with Gasteiger partial charge in [0.25, 0.3) is 0 Å². The fourth-order valence-electron chi connectivity index (χ4n) is 6.56. The minimum Gasteiger partial charge on any atom is -0.353 e.